The van der Waals surface area contributed by atoms with Crippen molar-refractivity contribution in [2.45, 2.75) is 6.92 Å². The molecule has 0 spiro atoms. The Morgan fingerprint density at radius 2 is 1.55 bits per heavy atom. The Balaban J connectivity index is 1.62. The Morgan fingerprint density at radius 3 is 2.28 bits per heavy atom. The molecule has 3 rings (SSSR count). The number of ketones is 1. The van der Waals surface area contributed by atoms with Crippen LogP contribution in [0.2, 0.25) is 0 Å². The molecule has 0 saturated heterocycles. The predicted molar refractivity (Wildman–Crippen MR) is 112 cm³/mol. The van der Waals surface area contributed by atoms with Crippen LogP contribution in [0.4, 0.5) is 0 Å². The Hall–Kier alpha value is -3.60. The summed E-state index contributed by atoms with van der Waals surface area (Å²) in [6.07, 6.45) is 0. The van der Waals surface area contributed by atoms with Crippen LogP contribution in [-0.2, 0) is 0 Å². The van der Waals surface area contributed by atoms with Crippen LogP contribution in [0.5, 0.6) is 11.5 Å². The minimum Gasteiger partial charge on any atom is -0.497 e. The molecule has 0 aliphatic rings. The average Bonchev–Trinajstić information content (AvgIpc) is 2.76. The van der Waals surface area contributed by atoms with Crippen LogP contribution in [0.3, 0.4) is 0 Å². The van der Waals surface area contributed by atoms with Gasteiger partial charge in [0.1, 0.15) is 18.1 Å². The summed E-state index contributed by atoms with van der Waals surface area (Å²) in [5.41, 5.74) is 2.35. The first kappa shape index (κ1) is 20.1. The number of amides is 1. The molecule has 0 radical (unpaired) electrons. The molecule has 5 heteroatoms. The number of ether oxygens (including phenoxy) is 2. The van der Waals surface area contributed by atoms with Gasteiger partial charge in [-0.2, -0.15) is 0 Å². The van der Waals surface area contributed by atoms with E-state index in [9.17, 15) is 9.59 Å². The van der Waals surface area contributed by atoms with Gasteiger partial charge in [0.15, 0.2) is 5.78 Å². The van der Waals surface area contributed by atoms with Gasteiger partial charge in [0.2, 0.25) is 0 Å². The molecule has 0 aromatic heterocycles. The molecule has 0 aliphatic heterocycles. The highest BCUT2D eigenvalue weighted by atomic mass is 16.5. The maximum absolute atomic E-state index is 12.8. The molecule has 5 nitrogen and oxygen atoms in total. The van der Waals surface area contributed by atoms with Gasteiger partial charge in [-0.15, -0.1) is 0 Å². The number of rotatable bonds is 8. The monoisotopic (exact) mass is 389 g/mol. The predicted octanol–water partition coefficient (Wildman–Crippen LogP) is 4.04. The molecule has 3 aromatic rings. The third-order valence-electron chi connectivity index (χ3n) is 4.43. The van der Waals surface area contributed by atoms with E-state index in [0.29, 0.717) is 41.3 Å². The molecule has 0 heterocycles. The van der Waals surface area contributed by atoms with E-state index in [2.05, 4.69) is 5.32 Å². The Labute approximate surface area is 170 Å². The highest BCUT2D eigenvalue weighted by molar-refractivity contribution is 6.15. The lowest BCUT2D eigenvalue weighted by atomic mass is 9.97. The number of hydrogen-bond donors (Lipinski definition) is 1. The topological polar surface area (TPSA) is 64.6 Å². The van der Waals surface area contributed by atoms with Crippen molar-refractivity contribution in [3.8, 4) is 11.5 Å². The molecule has 0 bridgehead atoms. The minimum absolute atomic E-state index is 0.177. The summed E-state index contributed by atoms with van der Waals surface area (Å²) in [4.78, 5) is 25.5. The molecule has 0 aliphatic carbocycles. The van der Waals surface area contributed by atoms with Crippen molar-refractivity contribution in [2.24, 2.45) is 0 Å². The summed E-state index contributed by atoms with van der Waals surface area (Å²) >= 11 is 0. The van der Waals surface area contributed by atoms with Crippen LogP contribution < -0.4 is 14.8 Å². The van der Waals surface area contributed by atoms with E-state index in [1.165, 1.54) is 0 Å². The van der Waals surface area contributed by atoms with E-state index in [4.69, 9.17) is 9.47 Å². The largest absolute Gasteiger partial charge is 0.497 e. The summed E-state index contributed by atoms with van der Waals surface area (Å²) in [5.74, 6) is 0.877. The molecule has 3 aromatic carbocycles. The van der Waals surface area contributed by atoms with Crippen LogP contribution in [0.15, 0.2) is 72.8 Å². The third-order valence-corrected chi connectivity index (χ3v) is 4.43. The standard InChI is InChI=1S/C24H23NO4/c1-17-10-12-18(13-11-17)23(26)21-8-3-4-9-22(21)24(27)25-14-15-29-20-7-5-6-19(16-20)28-2/h3-13,16H,14-15H2,1-2H3,(H,25,27). The van der Waals surface area contributed by atoms with E-state index < -0.39 is 0 Å². The van der Waals surface area contributed by atoms with Crippen LogP contribution in [0.1, 0.15) is 31.8 Å². The summed E-state index contributed by atoms with van der Waals surface area (Å²) in [5, 5.41) is 2.81. The molecule has 1 amide bonds. The zero-order valence-corrected chi connectivity index (χ0v) is 16.5. The van der Waals surface area contributed by atoms with Crippen molar-refractivity contribution in [3.05, 3.63) is 95.1 Å². The van der Waals surface area contributed by atoms with Gasteiger partial charge in [0, 0.05) is 17.2 Å². The quantitative estimate of drug-likeness (QED) is 0.466. The molecule has 29 heavy (non-hydrogen) atoms. The Morgan fingerprint density at radius 1 is 0.862 bits per heavy atom. The molecule has 0 fully saturated rings. The lowest BCUT2D eigenvalue weighted by Crippen LogP contribution is -2.29. The second-order valence-electron chi connectivity index (χ2n) is 6.52. The van der Waals surface area contributed by atoms with Gasteiger partial charge >= 0.3 is 0 Å². The van der Waals surface area contributed by atoms with Gasteiger partial charge in [-0.3, -0.25) is 9.59 Å². The van der Waals surface area contributed by atoms with Crippen molar-refractivity contribution < 1.29 is 19.1 Å². The minimum atomic E-state index is -0.310. The average molecular weight is 389 g/mol. The van der Waals surface area contributed by atoms with Crippen molar-refractivity contribution in [1.82, 2.24) is 5.32 Å². The van der Waals surface area contributed by atoms with Crippen molar-refractivity contribution in [2.75, 3.05) is 20.3 Å². The summed E-state index contributed by atoms with van der Waals surface area (Å²) in [7, 11) is 1.59. The zero-order chi connectivity index (χ0) is 20.6. The number of methoxy groups -OCH3 is 1. The van der Waals surface area contributed by atoms with Gasteiger partial charge in [-0.05, 0) is 25.1 Å². The molecule has 1 N–H and O–H groups in total. The first-order valence-electron chi connectivity index (χ1n) is 9.34. The first-order chi connectivity index (χ1) is 14.1. The fourth-order valence-corrected chi connectivity index (χ4v) is 2.86. The Bertz CT molecular complexity index is 996. The van der Waals surface area contributed by atoms with Crippen LogP contribution >= 0.6 is 0 Å². The maximum atomic E-state index is 12.8. The lowest BCUT2D eigenvalue weighted by molar-refractivity contribution is 0.0936. The van der Waals surface area contributed by atoms with Gasteiger partial charge in [-0.25, -0.2) is 0 Å². The van der Waals surface area contributed by atoms with Crippen LogP contribution in [0, 0.1) is 6.92 Å². The van der Waals surface area contributed by atoms with Crippen molar-refractivity contribution >= 4 is 11.7 Å². The number of carbonyl (C=O) groups excluding carboxylic acids is 2. The summed E-state index contributed by atoms with van der Waals surface area (Å²) < 4.78 is 10.8. The van der Waals surface area contributed by atoms with Crippen molar-refractivity contribution in [1.29, 1.82) is 0 Å². The number of benzene rings is 3. The molecular formula is C24H23NO4. The second-order valence-corrected chi connectivity index (χ2v) is 6.52. The highest BCUT2D eigenvalue weighted by Crippen LogP contribution is 2.19. The fourth-order valence-electron chi connectivity index (χ4n) is 2.86. The van der Waals surface area contributed by atoms with E-state index in [0.717, 1.165) is 5.56 Å². The van der Waals surface area contributed by atoms with Gasteiger partial charge in [-0.1, -0.05) is 54.1 Å². The van der Waals surface area contributed by atoms with Crippen molar-refractivity contribution in [3.63, 3.8) is 0 Å². The Kier molecular flexibility index (Phi) is 6.63. The van der Waals surface area contributed by atoms with E-state index in [-0.39, 0.29) is 11.7 Å². The fraction of sp³-hybridized carbons (Fsp3) is 0.167. The van der Waals surface area contributed by atoms with Gasteiger partial charge in [0.05, 0.1) is 19.2 Å². The number of nitrogens with one attached hydrogen (secondary N) is 1. The number of aryl methyl sites for hydroxylation is 1. The molecule has 148 valence electrons. The SMILES string of the molecule is COc1cccc(OCCNC(=O)c2ccccc2C(=O)c2ccc(C)cc2)c1. The van der Waals surface area contributed by atoms with Gasteiger partial charge < -0.3 is 14.8 Å². The van der Waals surface area contributed by atoms with Crippen LogP contribution in [-0.4, -0.2) is 32.0 Å². The third kappa shape index (κ3) is 5.23. The smallest absolute Gasteiger partial charge is 0.252 e. The molecule has 0 atom stereocenters. The number of carbonyl (C=O) groups is 2. The highest BCUT2D eigenvalue weighted by Gasteiger charge is 2.17. The summed E-state index contributed by atoms with van der Waals surface area (Å²) in [6.45, 7) is 2.57. The molecular weight excluding hydrogens is 366 g/mol. The van der Waals surface area contributed by atoms with Crippen LogP contribution in [0.25, 0.3) is 0 Å². The zero-order valence-electron chi connectivity index (χ0n) is 16.5. The summed E-state index contributed by atoms with van der Waals surface area (Å²) in [6, 6.07) is 21.4. The molecule has 0 saturated carbocycles. The lowest BCUT2D eigenvalue weighted by Gasteiger charge is -2.11. The van der Waals surface area contributed by atoms with E-state index in [1.54, 1.807) is 49.6 Å². The van der Waals surface area contributed by atoms with E-state index >= 15 is 0 Å². The first-order valence-corrected chi connectivity index (χ1v) is 9.34. The normalized spacial score (nSPS) is 10.3. The van der Waals surface area contributed by atoms with Gasteiger partial charge in [0.25, 0.3) is 5.91 Å². The molecule has 0 unspecified atom stereocenters. The number of hydrogen-bond acceptors (Lipinski definition) is 4. The van der Waals surface area contributed by atoms with E-state index in [1.807, 2.05) is 37.3 Å². The maximum Gasteiger partial charge on any atom is 0.252 e. The second kappa shape index (κ2) is 9.55.